The number of benzene rings is 2. The largest absolute Gasteiger partial charge is 0.326 e. The molecule has 0 aromatic heterocycles. The van der Waals surface area contributed by atoms with Crippen molar-refractivity contribution in [2.45, 2.75) is 38.5 Å². The normalized spacial score (nSPS) is 16.1. The number of carbonyl (C=O) groups is 1. The molecule has 3 rings (SSSR count). The van der Waals surface area contributed by atoms with Crippen LogP contribution in [0.4, 0.5) is 5.69 Å². The van der Waals surface area contributed by atoms with E-state index in [-0.39, 0.29) is 11.8 Å². The monoisotopic (exact) mass is 420 g/mol. The van der Waals surface area contributed by atoms with Crippen molar-refractivity contribution in [3.05, 3.63) is 58.1 Å². The molecule has 0 unspecified atom stereocenters. The molecule has 0 saturated carbocycles. The van der Waals surface area contributed by atoms with E-state index in [1.807, 2.05) is 32.0 Å². The number of rotatable bonds is 4. The molecular formula is C21H25ClN2O3S. The number of sulfonamides is 1. The van der Waals surface area contributed by atoms with Crippen LogP contribution in [0.1, 0.15) is 29.5 Å². The average molecular weight is 421 g/mol. The van der Waals surface area contributed by atoms with Gasteiger partial charge in [-0.15, -0.1) is 0 Å². The van der Waals surface area contributed by atoms with Crippen molar-refractivity contribution in [2.24, 2.45) is 5.92 Å². The third-order valence-corrected chi connectivity index (χ3v) is 7.52. The molecule has 1 aliphatic heterocycles. The first-order valence-corrected chi connectivity index (χ1v) is 11.1. The predicted octanol–water partition coefficient (Wildman–Crippen LogP) is 4.30. The summed E-state index contributed by atoms with van der Waals surface area (Å²) in [5, 5.41) is 3.50. The lowest BCUT2D eigenvalue weighted by molar-refractivity contribution is -0.120. The highest BCUT2D eigenvalue weighted by Gasteiger charge is 2.33. The Morgan fingerprint density at radius 2 is 1.68 bits per heavy atom. The number of carbonyl (C=O) groups excluding carboxylic acids is 1. The first-order chi connectivity index (χ1) is 13.2. The van der Waals surface area contributed by atoms with E-state index >= 15 is 0 Å². The molecule has 0 atom stereocenters. The van der Waals surface area contributed by atoms with Gasteiger partial charge in [0.15, 0.2) is 0 Å². The van der Waals surface area contributed by atoms with Crippen LogP contribution in [0.15, 0.2) is 41.3 Å². The van der Waals surface area contributed by atoms with Crippen LogP contribution in [0.5, 0.6) is 0 Å². The van der Waals surface area contributed by atoms with Crippen LogP contribution in [0.3, 0.4) is 0 Å². The van der Waals surface area contributed by atoms with Crippen LogP contribution >= 0.6 is 11.6 Å². The van der Waals surface area contributed by atoms with Gasteiger partial charge in [-0.25, -0.2) is 8.42 Å². The molecule has 1 aliphatic rings. The number of amides is 1. The van der Waals surface area contributed by atoms with Gasteiger partial charge >= 0.3 is 0 Å². The first kappa shape index (κ1) is 20.8. The summed E-state index contributed by atoms with van der Waals surface area (Å²) in [6.07, 6.45) is 0.991. The van der Waals surface area contributed by atoms with Crippen molar-refractivity contribution in [1.29, 1.82) is 0 Å². The number of nitrogens with one attached hydrogen (secondary N) is 1. The van der Waals surface area contributed by atoms with Gasteiger partial charge in [-0.2, -0.15) is 4.31 Å². The maximum absolute atomic E-state index is 13.0. The van der Waals surface area contributed by atoms with Crippen LogP contribution in [-0.2, 0) is 14.8 Å². The number of hydrogen-bond donors (Lipinski definition) is 1. The van der Waals surface area contributed by atoms with Crippen LogP contribution in [0, 0.1) is 26.7 Å². The Kier molecular flexibility index (Phi) is 6.12. The summed E-state index contributed by atoms with van der Waals surface area (Å²) in [6.45, 7) is 6.27. The molecule has 0 bridgehead atoms. The lowest BCUT2D eigenvalue weighted by Crippen LogP contribution is -2.41. The summed E-state index contributed by atoms with van der Waals surface area (Å²) in [5.41, 5.74) is 3.29. The predicted molar refractivity (Wildman–Crippen MR) is 112 cm³/mol. The zero-order valence-corrected chi connectivity index (χ0v) is 17.9. The minimum absolute atomic E-state index is 0.0887. The summed E-state index contributed by atoms with van der Waals surface area (Å²) in [7, 11) is -3.55. The summed E-state index contributed by atoms with van der Waals surface area (Å²) >= 11 is 6.01. The molecule has 0 radical (unpaired) electrons. The molecule has 150 valence electrons. The third-order valence-electron chi connectivity index (χ3n) is 5.24. The van der Waals surface area contributed by atoms with Gasteiger partial charge in [0, 0.05) is 29.7 Å². The van der Waals surface area contributed by atoms with Gasteiger partial charge in [-0.3, -0.25) is 4.79 Å². The van der Waals surface area contributed by atoms with Gasteiger partial charge in [-0.1, -0.05) is 29.8 Å². The van der Waals surface area contributed by atoms with E-state index in [0.29, 0.717) is 41.5 Å². The number of nitrogens with zero attached hydrogens (tertiary/aromatic N) is 1. The minimum Gasteiger partial charge on any atom is -0.326 e. The SMILES string of the molecule is Cc1ccc(C)c(S(=O)(=O)N2CCC(C(=O)Nc3cc(Cl)ccc3C)CC2)c1. The quantitative estimate of drug-likeness (QED) is 0.801. The topological polar surface area (TPSA) is 66.5 Å². The molecule has 1 saturated heterocycles. The molecule has 1 N–H and O–H groups in total. The van der Waals surface area contributed by atoms with Gasteiger partial charge in [0.2, 0.25) is 15.9 Å². The fourth-order valence-corrected chi connectivity index (χ4v) is 5.40. The second-order valence-electron chi connectivity index (χ2n) is 7.40. The van der Waals surface area contributed by atoms with E-state index in [4.69, 9.17) is 11.6 Å². The fraction of sp³-hybridized carbons (Fsp3) is 0.381. The number of piperidine rings is 1. The summed E-state index contributed by atoms with van der Waals surface area (Å²) in [4.78, 5) is 13.0. The second-order valence-corrected chi connectivity index (χ2v) is 9.74. The summed E-state index contributed by atoms with van der Waals surface area (Å²) < 4.78 is 27.5. The molecule has 1 fully saturated rings. The maximum atomic E-state index is 13.0. The van der Waals surface area contributed by atoms with Crippen molar-refractivity contribution in [3.63, 3.8) is 0 Å². The number of hydrogen-bond acceptors (Lipinski definition) is 3. The van der Waals surface area contributed by atoms with Crippen molar-refractivity contribution in [1.82, 2.24) is 4.31 Å². The zero-order valence-electron chi connectivity index (χ0n) is 16.3. The molecule has 1 amide bonds. The molecule has 1 heterocycles. The van der Waals surface area contributed by atoms with E-state index in [1.165, 1.54) is 4.31 Å². The van der Waals surface area contributed by atoms with Gasteiger partial charge in [-0.05, 0) is 68.5 Å². The first-order valence-electron chi connectivity index (χ1n) is 9.33. The van der Waals surface area contributed by atoms with Crippen LogP contribution in [0.25, 0.3) is 0 Å². The molecule has 2 aromatic carbocycles. The Hall–Kier alpha value is -1.89. The Morgan fingerprint density at radius 3 is 2.36 bits per heavy atom. The lowest BCUT2D eigenvalue weighted by atomic mass is 9.97. The van der Waals surface area contributed by atoms with E-state index < -0.39 is 10.0 Å². The van der Waals surface area contributed by atoms with Crippen molar-refractivity contribution in [3.8, 4) is 0 Å². The Bertz CT molecular complexity index is 997. The Labute approximate surface area is 171 Å². The van der Waals surface area contributed by atoms with Crippen LogP contribution in [-0.4, -0.2) is 31.7 Å². The molecule has 7 heteroatoms. The summed E-state index contributed by atoms with van der Waals surface area (Å²) in [6, 6.07) is 10.8. The number of halogens is 1. The molecule has 28 heavy (non-hydrogen) atoms. The molecule has 0 spiro atoms. The average Bonchev–Trinajstić information content (AvgIpc) is 2.66. The standard InChI is InChI=1S/C21H25ClN2O3S/c1-14-4-5-16(3)20(12-14)28(26,27)24-10-8-17(9-11-24)21(25)23-19-13-18(22)7-6-15(19)2/h4-7,12-13,17H,8-11H2,1-3H3,(H,23,25). The smallest absolute Gasteiger partial charge is 0.243 e. The van der Waals surface area contributed by atoms with E-state index in [1.54, 1.807) is 25.1 Å². The molecule has 2 aromatic rings. The van der Waals surface area contributed by atoms with E-state index in [9.17, 15) is 13.2 Å². The minimum atomic E-state index is -3.55. The van der Waals surface area contributed by atoms with E-state index in [0.717, 1.165) is 16.7 Å². The fourth-order valence-electron chi connectivity index (χ4n) is 3.45. The van der Waals surface area contributed by atoms with E-state index in [2.05, 4.69) is 5.32 Å². The van der Waals surface area contributed by atoms with Crippen molar-refractivity contribution >= 4 is 33.2 Å². The highest BCUT2D eigenvalue weighted by atomic mass is 35.5. The highest BCUT2D eigenvalue weighted by Crippen LogP contribution is 2.28. The van der Waals surface area contributed by atoms with Crippen LogP contribution in [0.2, 0.25) is 5.02 Å². The third kappa shape index (κ3) is 4.40. The van der Waals surface area contributed by atoms with Gasteiger partial charge < -0.3 is 5.32 Å². The van der Waals surface area contributed by atoms with Crippen molar-refractivity contribution < 1.29 is 13.2 Å². The second kappa shape index (κ2) is 8.23. The lowest BCUT2D eigenvalue weighted by Gasteiger charge is -2.31. The van der Waals surface area contributed by atoms with Gasteiger partial charge in [0.25, 0.3) is 0 Å². The molecular weight excluding hydrogens is 396 g/mol. The number of anilines is 1. The highest BCUT2D eigenvalue weighted by molar-refractivity contribution is 7.89. The van der Waals surface area contributed by atoms with Gasteiger partial charge in [0.05, 0.1) is 4.90 Å². The van der Waals surface area contributed by atoms with Crippen molar-refractivity contribution in [2.75, 3.05) is 18.4 Å². The maximum Gasteiger partial charge on any atom is 0.243 e. The van der Waals surface area contributed by atoms with Crippen LogP contribution < -0.4 is 5.32 Å². The summed E-state index contributed by atoms with van der Waals surface area (Å²) in [5.74, 6) is -0.308. The molecule has 5 nitrogen and oxygen atoms in total. The van der Waals surface area contributed by atoms with Gasteiger partial charge in [0.1, 0.15) is 0 Å². The number of aryl methyl sites for hydroxylation is 3. The molecule has 0 aliphatic carbocycles. The Morgan fingerprint density at radius 1 is 1.04 bits per heavy atom. The Balaban J connectivity index is 1.67. The zero-order chi connectivity index (χ0) is 20.5.